The van der Waals surface area contributed by atoms with E-state index in [1.54, 1.807) is 6.08 Å². The molecule has 0 saturated heterocycles. The van der Waals surface area contributed by atoms with Crippen LogP contribution in [0.25, 0.3) is 0 Å². The summed E-state index contributed by atoms with van der Waals surface area (Å²) in [6.07, 6.45) is 54.6. The van der Waals surface area contributed by atoms with Crippen LogP contribution < -0.4 is 0 Å². The number of carbonyl (C=O) groups is 2. The summed E-state index contributed by atoms with van der Waals surface area (Å²) >= 11 is 0. The zero-order valence-corrected chi connectivity index (χ0v) is 36.4. The monoisotopic (exact) mass is 783 g/mol. The molecule has 6 heteroatoms. The molecule has 2 unspecified atom stereocenters. The quantitative estimate of drug-likeness (QED) is 0.0278. The lowest BCUT2D eigenvalue weighted by Crippen LogP contribution is -2.28. The Labute approximate surface area is 345 Å². The first-order chi connectivity index (χ1) is 27.4. The van der Waals surface area contributed by atoms with Crippen molar-refractivity contribution in [3.63, 3.8) is 0 Å². The maximum atomic E-state index is 12.2. The van der Waals surface area contributed by atoms with Gasteiger partial charge in [0, 0.05) is 12.8 Å². The minimum absolute atomic E-state index is 0.108. The van der Waals surface area contributed by atoms with E-state index < -0.39 is 18.2 Å². The van der Waals surface area contributed by atoms with Crippen LogP contribution in [0.2, 0.25) is 0 Å². The van der Waals surface area contributed by atoms with Crippen molar-refractivity contribution in [2.75, 3.05) is 13.2 Å². The summed E-state index contributed by atoms with van der Waals surface area (Å²) < 4.78 is 10.6. The molecule has 0 rings (SSSR count). The van der Waals surface area contributed by atoms with Crippen molar-refractivity contribution in [1.29, 1.82) is 0 Å². The zero-order chi connectivity index (χ0) is 41.0. The van der Waals surface area contributed by atoms with Gasteiger partial charge in [-0.1, -0.05) is 216 Å². The molecule has 0 saturated carbocycles. The highest BCUT2D eigenvalue weighted by atomic mass is 16.6. The Hall–Kier alpha value is -2.70. The second-order valence-corrected chi connectivity index (χ2v) is 15.5. The largest absolute Gasteiger partial charge is 0.462 e. The summed E-state index contributed by atoms with van der Waals surface area (Å²) in [5.41, 5.74) is 0. The van der Waals surface area contributed by atoms with Crippen LogP contribution >= 0.6 is 0 Å². The van der Waals surface area contributed by atoms with Gasteiger partial charge in [-0.15, -0.1) is 0 Å². The van der Waals surface area contributed by atoms with Crippen LogP contribution in [0.1, 0.15) is 201 Å². The molecule has 0 aromatic heterocycles. The van der Waals surface area contributed by atoms with Gasteiger partial charge in [0.05, 0.1) is 12.7 Å². The van der Waals surface area contributed by atoms with Crippen molar-refractivity contribution in [3.8, 4) is 0 Å². The van der Waals surface area contributed by atoms with Gasteiger partial charge >= 0.3 is 11.9 Å². The number of hydrogen-bond donors (Lipinski definition) is 2. The smallest absolute Gasteiger partial charge is 0.306 e. The lowest BCUT2D eigenvalue weighted by atomic mass is 9.99. The molecule has 0 aliphatic heterocycles. The third-order valence-electron chi connectivity index (χ3n) is 10.1. The number of esters is 2. The summed E-state index contributed by atoms with van der Waals surface area (Å²) in [5.74, 6) is 0.201. The van der Waals surface area contributed by atoms with Gasteiger partial charge in [-0.25, -0.2) is 0 Å². The number of aliphatic hydroxyl groups excluding tert-OH is 2. The fourth-order valence-electron chi connectivity index (χ4n) is 6.29. The molecular formula is C50H86O6. The number of carbonyl (C=O) groups excluding carboxylic acids is 2. The maximum absolute atomic E-state index is 12.2. The van der Waals surface area contributed by atoms with E-state index in [0.717, 1.165) is 50.9 Å². The molecule has 2 N–H and O–H groups in total. The Morgan fingerprint density at radius 1 is 0.571 bits per heavy atom. The van der Waals surface area contributed by atoms with Gasteiger partial charge in [0.2, 0.25) is 0 Å². The predicted octanol–water partition coefficient (Wildman–Crippen LogP) is 13.7. The molecule has 0 aliphatic rings. The number of allylic oxidation sites excluding steroid dienone is 10. The molecule has 0 radical (unpaired) electrons. The lowest BCUT2D eigenvalue weighted by molar-refractivity contribution is -0.161. The van der Waals surface area contributed by atoms with Crippen LogP contribution in [0.5, 0.6) is 0 Å². The van der Waals surface area contributed by atoms with E-state index >= 15 is 0 Å². The number of aliphatic hydroxyl groups is 2. The van der Waals surface area contributed by atoms with Crippen molar-refractivity contribution >= 4 is 11.9 Å². The van der Waals surface area contributed by atoms with E-state index in [9.17, 15) is 19.8 Å². The van der Waals surface area contributed by atoms with Gasteiger partial charge in [-0.05, 0) is 50.9 Å². The minimum Gasteiger partial charge on any atom is -0.462 e. The zero-order valence-electron chi connectivity index (χ0n) is 36.4. The molecule has 6 nitrogen and oxygen atoms in total. The molecule has 3 atom stereocenters. The Morgan fingerprint density at radius 3 is 1.59 bits per heavy atom. The number of hydrogen-bond acceptors (Lipinski definition) is 6. The Morgan fingerprint density at radius 2 is 1.07 bits per heavy atom. The van der Waals surface area contributed by atoms with Crippen molar-refractivity contribution in [2.45, 2.75) is 213 Å². The molecule has 0 aromatic rings. The van der Waals surface area contributed by atoms with Crippen LogP contribution in [-0.2, 0) is 19.1 Å². The van der Waals surface area contributed by atoms with Gasteiger partial charge in [-0.3, -0.25) is 9.59 Å². The molecule has 0 bridgehead atoms. The van der Waals surface area contributed by atoms with Gasteiger partial charge in [0.25, 0.3) is 0 Å². The molecule has 0 spiro atoms. The lowest BCUT2D eigenvalue weighted by Gasteiger charge is -2.15. The van der Waals surface area contributed by atoms with Gasteiger partial charge in [0.15, 0.2) is 6.10 Å². The SMILES string of the molecule is CC/C=C\CC(O)/C=C/C=C/C/C=C\C/C=C\C/C=C\CCC(=O)O[C@@H](CO)COC(=O)CCCCCCCCCCCCCCCCCCCCC(C)CC. The number of unbranched alkanes of at least 4 members (excludes halogenated alkanes) is 17. The minimum atomic E-state index is -0.826. The molecule has 56 heavy (non-hydrogen) atoms. The maximum Gasteiger partial charge on any atom is 0.306 e. The van der Waals surface area contributed by atoms with E-state index in [0.29, 0.717) is 19.3 Å². The number of rotatable bonds is 40. The average Bonchev–Trinajstić information content (AvgIpc) is 3.19. The Bertz CT molecular complexity index is 1050. The molecule has 0 aliphatic carbocycles. The normalized spacial score (nSPS) is 14.0. The topological polar surface area (TPSA) is 93.1 Å². The molecule has 0 heterocycles. The standard InChI is InChI=1S/C50H86O6/c1-4-6-34-40-47(52)41-36-31-27-23-19-15-13-17-21-25-29-33-38-43-50(54)56-48(44-51)45-55-49(53)42-37-32-28-24-20-16-12-10-8-7-9-11-14-18-22-26-30-35-39-46(3)5-2/h6,15,17,19,21,27,29,31,33-34,36,41,46-48,51-52H,4-5,7-14,16,18,20,22-26,28,30,32,35,37-40,42-45H2,1-3H3/b19-15-,21-17-,31-27+,33-29-,34-6-,41-36+/t46?,47?,48-/m0/s1. The second-order valence-electron chi connectivity index (χ2n) is 15.5. The third-order valence-corrected chi connectivity index (χ3v) is 10.1. The highest BCUT2D eigenvalue weighted by Crippen LogP contribution is 2.17. The summed E-state index contributed by atoms with van der Waals surface area (Å²) in [7, 11) is 0. The first kappa shape index (κ1) is 53.3. The van der Waals surface area contributed by atoms with E-state index in [2.05, 4.69) is 57.2 Å². The van der Waals surface area contributed by atoms with E-state index in [1.165, 1.54) is 109 Å². The van der Waals surface area contributed by atoms with Crippen LogP contribution in [0.4, 0.5) is 0 Å². The van der Waals surface area contributed by atoms with Gasteiger partial charge in [0.1, 0.15) is 6.61 Å². The third kappa shape index (κ3) is 40.9. The summed E-state index contributed by atoms with van der Waals surface area (Å²) in [6, 6.07) is 0. The molecule has 0 aromatic carbocycles. The second kappa shape index (κ2) is 43.4. The molecular weight excluding hydrogens is 697 g/mol. The fraction of sp³-hybridized carbons (Fsp3) is 0.720. The first-order valence-electron chi connectivity index (χ1n) is 23.0. The number of ether oxygens (including phenoxy) is 2. The van der Waals surface area contributed by atoms with Crippen molar-refractivity contribution in [3.05, 3.63) is 72.9 Å². The van der Waals surface area contributed by atoms with E-state index in [4.69, 9.17) is 9.47 Å². The van der Waals surface area contributed by atoms with Crippen LogP contribution in [0.3, 0.4) is 0 Å². The summed E-state index contributed by atoms with van der Waals surface area (Å²) in [6.45, 7) is 6.28. The summed E-state index contributed by atoms with van der Waals surface area (Å²) in [5, 5.41) is 19.4. The van der Waals surface area contributed by atoms with Crippen molar-refractivity contribution in [1.82, 2.24) is 0 Å². The van der Waals surface area contributed by atoms with Crippen LogP contribution in [0.15, 0.2) is 72.9 Å². The van der Waals surface area contributed by atoms with Crippen molar-refractivity contribution in [2.24, 2.45) is 5.92 Å². The highest BCUT2D eigenvalue weighted by Gasteiger charge is 2.15. The Balaban J connectivity index is 3.66. The van der Waals surface area contributed by atoms with E-state index in [-0.39, 0.29) is 25.6 Å². The summed E-state index contributed by atoms with van der Waals surface area (Å²) in [4.78, 5) is 24.3. The molecule has 322 valence electrons. The molecule has 0 amide bonds. The highest BCUT2D eigenvalue weighted by molar-refractivity contribution is 5.70. The first-order valence-corrected chi connectivity index (χ1v) is 23.0. The van der Waals surface area contributed by atoms with Gasteiger partial charge in [-0.2, -0.15) is 0 Å². The van der Waals surface area contributed by atoms with E-state index in [1.807, 2.05) is 30.4 Å². The van der Waals surface area contributed by atoms with Crippen LogP contribution in [-0.4, -0.2) is 47.6 Å². The predicted molar refractivity (Wildman–Crippen MR) is 239 cm³/mol. The molecule has 0 fully saturated rings. The fourth-order valence-corrected chi connectivity index (χ4v) is 6.29. The average molecular weight is 783 g/mol. The van der Waals surface area contributed by atoms with Crippen molar-refractivity contribution < 1.29 is 29.3 Å². The Kier molecular flexibility index (Phi) is 41.3. The van der Waals surface area contributed by atoms with Gasteiger partial charge < -0.3 is 19.7 Å². The van der Waals surface area contributed by atoms with Crippen LogP contribution in [0, 0.1) is 5.92 Å².